The molecule has 1 atom stereocenters. The first-order valence-electron chi connectivity index (χ1n) is 15.4. The molecule has 6 rings (SSSR count). The molecule has 5 aromatic rings. The van der Waals surface area contributed by atoms with E-state index in [1.807, 2.05) is 18.2 Å². The predicted octanol–water partition coefficient (Wildman–Crippen LogP) is 5.39. The summed E-state index contributed by atoms with van der Waals surface area (Å²) in [4.78, 5) is 43.9. The lowest BCUT2D eigenvalue weighted by molar-refractivity contribution is -0.384. The topological polar surface area (TPSA) is 144 Å². The third kappa shape index (κ3) is 6.84. The first kappa shape index (κ1) is 33.7. The van der Waals surface area contributed by atoms with Crippen molar-refractivity contribution in [3.05, 3.63) is 149 Å². The number of anilines is 1. The highest BCUT2D eigenvalue weighted by Gasteiger charge is 2.34. The minimum atomic E-state index is -0.859. The van der Waals surface area contributed by atoms with Crippen molar-refractivity contribution >= 4 is 34.7 Å². The Morgan fingerprint density at radius 3 is 2.36 bits per heavy atom. The zero-order valence-electron chi connectivity index (χ0n) is 27.5. The lowest BCUT2D eigenvalue weighted by Gasteiger charge is -2.26. The number of nitro groups is 1. The van der Waals surface area contributed by atoms with Crippen LogP contribution in [0.4, 0.5) is 11.4 Å². The Labute approximate surface area is 290 Å². The van der Waals surface area contributed by atoms with Crippen molar-refractivity contribution < 1.29 is 28.7 Å². The summed E-state index contributed by atoms with van der Waals surface area (Å²) in [5.74, 6) is 1.50. The number of carbonyl (C=O) groups is 1. The number of fused-ring (bicyclic) bond motifs is 1. The van der Waals surface area contributed by atoms with E-state index < -0.39 is 16.9 Å². The SMILES string of the molecule is COc1ccc([C@H]2C(C(=O)Nc3ccccc3)=C(C)N=c3s/c(=C\c4ccc(OCc5ccc([N+](=O)[O-])cc5)c(OC)c4)c(=O)n32)c(OC)c1. The van der Waals surface area contributed by atoms with E-state index in [4.69, 9.17) is 23.9 Å². The van der Waals surface area contributed by atoms with Crippen LogP contribution in [0, 0.1) is 10.1 Å². The summed E-state index contributed by atoms with van der Waals surface area (Å²) in [6, 6.07) is 24.8. The van der Waals surface area contributed by atoms with Crippen LogP contribution in [0.2, 0.25) is 0 Å². The monoisotopic (exact) mass is 692 g/mol. The predicted molar refractivity (Wildman–Crippen MR) is 189 cm³/mol. The first-order chi connectivity index (χ1) is 24.2. The molecular weight excluding hydrogens is 660 g/mol. The number of para-hydroxylation sites is 1. The smallest absolute Gasteiger partial charge is 0.271 e. The molecule has 2 heterocycles. The van der Waals surface area contributed by atoms with Gasteiger partial charge < -0.3 is 24.3 Å². The minimum absolute atomic E-state index is 0.00254. The van der Waals surface area contributed by atoms with E-state index in [1.54, 1.807) is 80.8 Å². The molecule has 0 bridgehead atoms. The molecule has 0 spiro atoms. The summed E-state index contributed by atoms with van der Waals surface area (Å²) in [5.41, 5.74) is 3.03. The van der Waals surface area contributed by atoms with Gasteiger partial charge in [0, 0.05) is 29.4 Å². The fraction of sp³-hybridized carbons (Fsp3) is 0.162. The molecule has 0 aliphatic carbocycles. The van der Waals surface area contributed by atoms with Gasteiger partial charge in [0.25, 0.3) is 17.2 Å². The molecule has 1 amide bonds. The van der Waals surface area contributed by atoms with Crippen molar-refractivity contribution in [2.24, 2.45) is 4.99 Å². The number of thiazole rings is 1. The normalized spacial score (nSPS) is 14.0. The van der Waals surface area contributed by atoms with Gasteiger partial charge in [-0.15, -0.1) is 0 Å². The van der Waals surface area contributed by atoms with Crippen LogP contribution < -0.4 is 39.2 Å². The number of amides is 1. The molecule has 1 aliphatic rings. The second-order valence-electron chi connectivity index (χ2n) is 11.1. The van der Waals surface area contributed by atoms with Gasteiger partial charge in [0.05, 0.1) is 42.1 Å². The van der Waals surface area contributed by atoms with E-state index in [0.717, 1.165) is 5.56 Å². The standard InChI is InChI=1S/C37H32N4O8S/c1-22-33(35(42)39-25-8-6-5-7-9-25)34(28-16-15-27(46-2)20-30(28)47-3)40-36(43)32(50-37(40)38-22)19-24-12-17-29(31(18-24)48-4)49-21-23-10-13-26(14-11-23)41(44)45/h5-20,34H,21H2,1-4H3,(H,39,42)/b32-19-/t34-/m0/s1. The molecule has 0 fully saturated rings. The maximum atomic E-state index is 14.3. The number of carbonyl (C=O) groups excluding carboxylic acids is 1. The lowest BCUT2D eigenvalue weighted by atomic mass is 9.94. The number of allylic oxidation sites excluding steroid dienone is 1. The number of nitrogens with zero attached hydrogens (tertiary/aromatic N) is 3. The highest BCUT2D eigenvalue weighted by Crippen LogP contribution is 2.38. The van der Waals surface area contributed by atoms with Gasteiger partial charge in [0.15, 0.2) is 16.3 Å². The van der Waals surface area contributed by atoms with Gasteiger partial charge in [-0.2, -0.15) is 0 Å². The van der Waals surface area contributed by atoms with Gasteiger partial charge in [-0.1, -0.05) is 35.6 Å². The fourth-order valence-corrected chi connectivity index (χ4v) is 6.64. The van der Waals surface area contributed by atoms with Crippen LogP contribution in [0.1, 0.15) is 29.7 Å². The van der Waals surface area contributed by atoms with Gasteiger partial charge in [0.2, 0.25) is 0 Å². The van der Waals surface area contributed by atoms with Crippen molar-refractivity contribution in [1.82, 2.24) is 4.57 Å². The van der Waals surface area contributed by atoms with Crippen LogP contribution >= 0.6 is 11.3 Å². The number of benzene rings is 4. The average molecular weight is 693 g/mol. The van der Waals surface area contributed by atoms with Gasteiger partial charge >= 0.3 is 0 Å². The van der Waals surface area contributed by atoms with E-state index in [0.29, 0.717) is 60.4 Å². The Hall–Kier alpha value is -6.21. The van der Waals surface area contributed by atoms with E-state index in [9.17, 15) is 19.7 Å². The first-order valence-corrected chi connectivity index (χ1v) is 16.2. The number of nitro benzene ring substituents is 1. The molecular formula is C37H32N4O8S. The summed E-state index contributed by atoms with van der Waals surface area (Å²) in [6.07, 6.45) is 1.73. The molecule has 1 aromatic heterocycles. The van der Waals surface area contributed by atoms with E-state index in [-0.39, 0.29) is 17.9 Å². The lowest BCUT2D eigenvalue weighted by Crippen LogP contribution is -2.40. The van der Waals surface area contributed by atoms with Crippen molar-refractivity contribution in [2.75, 3.05) is 26.6 Å². The van der Waals surface area contributed by atoms with E-state index >= 15 is 0 Å². The van der Waals surface area contributed by atoms with Gasteiger partial charge in [-0.05, 0) is 72.7 Å². The Bertz CT molecular complexity index is 2300. The van der Waals surface area contributed by atoms with Crippen LogP contribution in [0.15, 0.2) is 112 Å². The van der Waals surface area contributed by atoms with Crippen LogP contribution in [0.3, 0.4) is 0 Å². The molecule has 12 nitrogen and oxygen atoms in total. The number of aromatic nitrogens is 1. The van der Waals surface area contributed by atoms with Crippen molar-refractivity contribution in [3.63, 3.8) is 0 Å². The molecule has 13 heteroatoms. The Kier molecular flexibility index (Phi) is 9.77. The number of non-ortho nitro benzene ring substituents is 1. The molecule has 0 radical (unpaired) electrons. The van der Waals surface area contributed by atoms with Gasteiger partial charge in [-0.25, -0.2) is 4.99 Å². The number of methoxy groups -OCH3 is 3. The van der Waals surface area contributed by atoms with Crippen LogP contribution in [0.5, 0.6) is 23.0 Å². The second-order valence-corrected chi connectivity index (χ2v) is 12.1. The Balaban J connectivity index is 1.38. The molecule has 1 N–H and O–H groups in total. The Morgan fingerprint density at radius 1 is 0.940 bits per heavy atom. The number of ether oxygens (including phenoxy) is 4. The van der Waals surface area contributed by atoms with E-state index in [2.05, 4.69) is 5.32 Å². The zero-order valence-corrected chi connectivity index (χ0v) is 28.4. The molecule has 50 heavy (non-hydrogen) atoms. The van der Waals surface area contributed by atoms with Crippen LogP contribution in [-0.4, -0.2) is 36.7 Å². The molecule has 0 unspecified atom stereocenters. The average Bonchev–Trinajstić information content (AvgIpc) is 3.43. The summed E-state index contributed by atoms with van der Waals surface area (Å²) in [5, 5.41) is 13.9. The Morgan fingerprint density at radius 2 is 1.68 bits per heavy atom. The van der Waals surface area contributed by atoms with Crippen molar-refractivity contribution in [1.29, 1.82) is 0 Å². The summed E-state index contributed by atoms with van der Waals surface area (Å²) in [6.45, 7) is 1.92. The number of hydrogen-bond acceptors (Lipinski definition) is 10. The van der Waals surface area contributed by atoms with Crippen molar-refractivity contribution in [3.8, 4) is 23.0 Å². The third-order valence-corrected chi connectivity index (χ3v) is 9.04. The highest BCUT2D eigenvalue weighted by molar-refractivity contribution is 7.07. The fourth-order valence-electron chi connectivity index (χ4n) is 5.59. The molecule has 1 aliphatic heterocycles. The summed E-state index contributed by atoms with van der Waals surface area (Å²) >= 11 is 1.20. The van der Waals surface area contributed by atoms with Crippen LogP contribution in [0.25, 0.3) is 6.08 Å². The van der Waals surface area contributed by atoms with E-state index in [1.165, 1.54) is 42.3 Å². The number of nitrogens with one attached hydrogen (secondary N) is 1. The second kappa shape index (κ2) is 14.5. The van der Waals surface area contributed by atoms with Gasteiger partial charge in [-0.3, -0.25) is 24.3 Å². The summed E-state index contributed by atoms with van der Waals surface area (Å²) < 4.78 is 24.6. The molecule has 4 aromatic carbocycles. The third-order valence-electron chi connectivity index (χ3n) is 8.06. The summed E-state index contributed by atoms with van der Waals surface area (Å²) in [7, 11) is 4.58. The molecule has 0 saturated heterocycles. The van der Waals surface area contributed by atoms with Gasteiger partial charge in [0.1, 0.15) is 24.1 Å². The number of hydrogen-bond donors (Lipinski definition) is 1. The molecule has 0 saturated carbocycles. The van der Waals surface area contributed by atoms with Crippen molar-refractivity contribution in [2.45, 2.75) is 19.6 Å². The highest BCUT2D eigenvalue weighted by atomic mass is 32.1. The number of rotatable bonds is 11. The van der Waals surface area contributed by atoms with Crippen LogP contribution in [-0.2, 0) is 11.4 Å². The quantitative estimate of drug-likeness (QED) is 0.144. The largest absolute Gasteiger partial charge is 0.497 e. The maximum absolute atomic E-state index is 14.3. The maximum Gasteiger partial charge on any atom is 0.271 e. The molecule has 254 valence electrons. The minimum Gasteiger partial charge on any atom is -0.497 e. The zero-order chi connectivity index (χ0) is 35.4.